The lowest BCUT2D eigenvalue weighted by Crippen LogP contribution is -2.05. The summed E-state index contributed by atoms with van der Waals surface area (Å²) in [5.74, 6) is 0.982. The van der Waals surface area contributed by atoms with Gasteiger partial charge >= 0.3 is 0 Å². The van der Waals surface area contributed by atoms with Crippen LogP contribution in [0.15, 0.2) is 0 Å². The molecular weight excluding hydrogens is 150 g/mol. The highest BCUT2D eigenvalue weighted by atomic mass is 15.1. The van der Waals surface area contributed by atoms with Gasteiger partial charge in [-0.1, -0.05) is 13.3 Å². The molecule has 1 rings (SSSR count). The van der Waals surface area contributed by atoms with Gasteiger partial charge in [0.2, 0.25) is 0 Å². The monoisotopic (exact) mass is 167 g/mol. The van der Waals surface area contributed by atoms with Crippen LogP contribution in [0.5, 0.6) is 0 Å². The van der Waals surface area contributed by atoms with Gasteiger partial charge in [0.15, 0.2) is 0 Å². The van der Waals surface area contributed by atoms with E-state index in [1.807, 2.05) is 7.05 Å². The first kappa shape index (κ1) is 9.26. The van der Waals surface area contributed by atoms with Crippen molar-refractivity contribution >= 4 is 0 Å². The second-order valence-corrected chi connectivity index (χ2v) is 3.07. The average Bonchev–Trinajstić information content (AvgIpc) is 2.33. The van der Waals surface area contributed by atoms with Crippen LogP contribution in [0, 0.1) is 6.92 Å². The van der Waals surface area contributed by atoms with E-state index in [4.69, 9.17) is 5.73 Å². The molecule has 0 aliphatic carbocycles. The SMILES string of the molecule is CCCc1nc(CN)n(C)c1C. The standard InChI is InChI=1S/C9H17N3/c1-4-5-8-7(2)12(3)9(6-10)11-8/h4-6,10H2,1-3H3. The lowest BCUT2D eigenvalue weighted by molar-refractivity contribution is 0.774. The van der Waals surface area contributed by atoms with Gasteiger partial charge in [-0.15, -0.1) is 0 Å². The molecule has 0 radical (unpaired) electrons. The molecule has 0 spiro atoms. The molecule has 0 saturated heterocycles. The summed E-state index contributed by atoms with van der Waals surface area (Å²) in [7, 11) is 2.02. The fourth-order valence-corrected chi connectivity index (χ4v) is 1.36. The Labute approximate surface area is 73.6 Å². The van der Waals surface area contributed by atoms with Crippen molar-refractivity contribution in [1.29, 1.82) is 0 Å². The first-order chi connectivity index (χ1) is 5.70. The number of aryl methyl sites for hydroxylation is 1. The molecule has 0 fully saturated rings. The molecule has 1 aromatic rings. The van der Waals surface area contributed by atoms with E-state index < -0.39 is 0 Å². The van der Waals surface area contributed by atoms with Crippen molar-refractivity contribution in [3.05, 3.63) is 17.2 Å². The van der Waals surface area contributed by atoms with E-state index in [2.05, 4.69) is 23.4 Å². The van der Waals surface area contributed by atoms with Crippen molar-refractivity contribution in [2.75, 3.05) is 0 Å². The van der Waals surface area contributed by atoms with E-state index in [1.54, 1.807) is 0 Å². The molecule has 1 heterocycles. The van der Waals surface area contributed by atoms with Gasteiger partial charge in [-0.25, -0.2) is 4.98 Å². The van der Waals surface area contributed by atoms with Gasteiger partial charge in [-0.3, -0.25) is 0 Å². The van der Waals surface area contributed by atoms with E-state index >= 15 is 0 Å². The van der Waals surface area contributed by atoms with Crippen LogP contribution in [-0.4, -0.2) is 9.55 Å². The van der Waals surface area contributed by atoms with Crippen molar-refractivity contribution in [3.63, 3.8) is 0 Å². The van der Waals surface area contributed by atoms with Crippen molar-refractivity contribution in [1.82, 2.24) is 9.55 Å². The summed E-state index contributed by atoms with van der Waals surface area (Å²) in [6.07, 6.45) is 2.20. The third-order valence-electron chi connectivity index (χ3n) is 2.24. The summed E-state index contributed by atoms with van der Waals surface area (Å²) in [4.78, 5) is 4.46. The van der Waals surface area contributed by atoms with Gasteiger partial charge in [0.05, 0.1) is 12.2 Å². The predicted octanol–water partition coefficient (Wildman–Crippen LogP) is 1.14. The molecule has 0 aromatic carbocycles. The first-order valence-electron chi connectivity index (χ1n) is 4.41. The van der Waals surface area contributed by atoms with Crippen LogP contribution in [0.3, 0.4) is 0 Å². The molecule has 0 amide bonds. The normalized spacial score (nSPS) is 10.7. The highest BCUT2D eigenvalue weighted by molar-refractivity contribution is 5.15. The van der Waals surface area contributed by atoms with Crippen LogP contribution in [0.25, 0.3) is 0 Å². The lowest BCUT2D eigenvalue weighted by Gasteiger charge is -1.98. The first-order valence-corrected chi connectivity index (χ1v) is 4.41. The van der Waals surface area contributed by atoms with Gasteiger partial charge in [0.25, 0.3) is 0 Å². The number of nitrogens with two attached hydrogens (primary N) is 1. The second-order valence-electron chi connectivity index (χ2n) is 3.07. The predicted molar refractivity (Wildman–Crippen MR) is 49.8 cm³/mol. The number of nitrogens with zero attached hydrogens (tertiary/aromatic N) is 2. The van der Waals surface area contributed by atoms with Crippen molar-refractivity contribution in [3.8, 4) is 0 Å². The summed E-state index contributed by atoms with van der Waals surface area (Å²) in [5, 5.41) is 0. The zero-order valence-corrected chi connectivity index (χ0v) is 8.09. The topological polar surface area (TPSA) is 43.8 Å². The van der Waals surface area contributed by atoms with Crippen LogP contribution >= 0.6 is 0 Å². The summed E-state index contributed by atoms with van der Waals surface area (Å²) >= 11 is 0. The van der Waals surface area contributed by atoms with E-state index in [9.17, 15) is 0 Å². The van der Waals surface area contributed by atoms with E-state index in [0.717, 1.165) is 18.7 Å². The molecule has 3 heteroatoms. The minimum absolute atomic E-state index is 0.529. The Kier molecular flexibility index (Phi) is 2.87. The summed E-state index contributed by atoms with van der Waals surface area (Å²) < 4.78 is 2.07. The fraction of sp³-hybridized carbons (Fsp3) is 0.667. The average molecular weight is 167 g/mol. The Morgan fingerprint density at radius 3 is 2.58 bits per heavy atom. The van der Waals surface area contributed by atoms with Crippen LogP contribution in [0.4, 0.5) is 0 Å². The maximum Gasteiger partial charge on any atom is 0.122 e. The third-order valence-corrected chi connectivity index (χ3v) is 2.24. The highest BCUT2D eigenvalue weighted by Gasteiger charge is 2.07. The molecule has 0 aliphatic rings. The largest absolute Gasteiger partial charge is 0.334 e. The Morgan fingerprint density at radius 2 is 2.17 bits per heavy atom. The van der Waals surface area contributed by atoms with Crippen LogP contribution < -0.4 is 5.73 Å². The van der Waals surface area contributed by atoms with Gasteiger partial charge < -0.3 is 10.3 Å². The molecule has 12 heavy (non-hydrogen) atoms. The minimum Gasteiger partial charge on any atom is -0.334 e. The summed E-state index contributed by atoms with van der Waals surface area (Å²) in [5.41, 5.74) is 7.99. The van der Waals surface area contributed by atoms with Crippen molar-refractivity contribution in [2.45, 2.75) is 33.2 Å². The van der Waals surface area contributed by atoms with E-state index in [1.165, 1.54) is 11.4 Å². The second kappa shape index (κ2) is 3.72. The van der Waals surface area contributed by atoms with Gasteiger partial charge in [0.1, 0.15) is 5.82 Å². The van der Waals surface area contributed by atoms with Crippen LogP contribution in [0.2, 0.25) is 0 Å². The zero-order valence-electron chi connectivity index (χ0n) is 8.09. The fourth-order valence-electron chi connectivity index (χ4n) is 1.36. The van der Waals surface area contributed by atoms with E-state index in [0.29, 0.717) is 6.54 Å². The summed E-state index contributed by atoms with van der Waals surface area (Å²) in [6, 6.07) is 0. The number of hydrogen-bond donors (Lipinski definition) is 1. The molecular formula is C9H17N3. The van der Waals surface area contributed by atoms with Crippen molar-refractivity contribution in [2.24, 2.45) is 12.8 Å². The molecule has 1 aromatic heterocycles. The molecule has 0 aliphatic heterocycles. The molecule has 0 atom stereocenters. The molecule has 2 N–H and O–H groups in total. The molecule has 0 bridgehead atoms. The number of aromatic nitrogens is 2. The Bertz CT molecular complexity index is 263. The number of hydrogen-bond acceptors (Lipinski definition) is 2. The zero-order chi connectivity index (χ0) is 9.14. The molecule has 0 saturated carbocycles. The quantitative estimate of drug-likeness (QED) is 0.733. The van der Waals surface area contributed by atoms with Gasteiger partial charge in [-0.05, 0) is 13.3 Å². The Hall–Kier alpha value is -0.830. The smallest absolute Gasteiger partial charge is 0.122 e. The van der Waals surface area contributed by atoms with Crippen LogP contribution in [-0.2, 0) is 20.0 Å². The van der Waals surface area contributed by atoms with E-state index in [-0.39, 0.29) is 0 Å². The van der Waals surface area contributed by atoms with Gasteiger partial charge in [0, 0.05) is 12.7 Å². The number of imidazole rings is 1. The maximum absolute atomic E-state index is 5.55. The third kappa shape index (κ3) is 1.50. The van der Waals surface area contributed by atoms with Gasteiger partial charge in [-0.2, -0.15) is 0 Å². The molecule has 0 unspecified atom stereocenters. The van der Waals surface area contributed by atoms with Crippen molar-refractivity contribution < 1.29 is 0 Å². The molecule has 3 nitrogen and oxygen atoms in total. The highest BCUT2D eigenvalue weighted by Crippen LogP contribution is 2.10. The lowest BCUT2D eigenvalue weighted by atomic mass is 10.2. The minimum atomic E-state index is 0.529. The molecule has 68 valence electrons. The summed E-state index contributed by atoms with van der Waals surface area (Å²) in [6.45, 7) is 4.79. The Morgan fingerprint density at radius 1 is 1.50 bits per heavy atom. The Balaban J connectivity index is 2.98. The van der Waals surface area contributed by atoms with Crippen LogP contribution in [0.1, 0.15) is 30.6 Å². The maximum atomic E-state index is 5.55. The number of rotatable bonds is 3.